The molecular formula is C18H14N2O8. The molecular weight excluding hydrogens is 372 g/mol. The van der Waals surface area contributed by atoms with Crippen molar-refractivity contribution in [2.24, 2.45) is 4.99 Å². The van der Waals surface area contributed by atoms with Crippen LogP contribution in [0.5, 0.6) is 0 Å². The molecule has 0 bridgehead atoms. The van der Waals surface area contributed by atoms with E-state index in [4.69, 9.17) is 10.2 Å². The van der Waals surface area contributed by atoms with Gasteiger partial charge in [0.2, 0.25) is 11.6 Å². The normalized spacial score (nSPS) is 24.4. The predicted molar refractivity (Wildman–Crippen MR) is 92.4 cm³/mol. The van der Waals surface area contributed by atoms with Crippen LogP contribution in [-0.2, 0) is 24.0 Å². The Bertz CT molecular complexity index is 966. The first kappa shape index (κ1) is 19.0. The molecule has 10 heteroatoms. The number of carboxylic acid groups (broad SMARTS) is 3. The molecule has 0 aromatic carbocycles. The van der Waals surface area contributed by atoms with Crippen molar-refractivity contribution in [2.45, 2.75) is 24.9 Å². The van der Waals surface area contributed by atoms with Crippen LogP contribution in [0.25, 0.3) is 0 Å². The third-order valence-corrected chi connectivity index (χ3v) is 4.46. The Morgan fingerprint density at radius 3 is 2.29 bits per heavy atom. The lowest BCUT2D eigenvalue weighted by Crippen LogP contribution is -2.31. The van der Waals surface area contributed by atoms with Gasteiger partial charge in [0.15, 0.2) is 6.04 Å². The lowest BCUT2D eigenvalue weighted by molar-refractivity contribution is -0.141. The van der Waals surface area contributed by atoms with Gasteiger partial charge in [-0.15, -0.1) is 0 Å². The number of aliphatic imine (C=N–C) groups is 1. The molecule has 10 nitrogen and oxygen atoms in total. The van der Waals surface area contributed by atoms with Crippen LogP contribution in [0.3, 0.4) is 0 Å². The van der Waals surface area contributed by atoms with Gasteiger partial charge >= 0.3 is 17.9 Å². The number of carbonyl (C=O) groups is 5. The van der Waals surface area contributed by atoms with Crippen molar-refractivity contribution >= 4 is 35.2 Å². The summed E-state index contributed by atoms with van der Waals surface area (Å²) in [5, 5.41) is 27.7. The van der Waals surface area contributed by atoms with Gasteiger partial charge in [0.05, 0.1) is 0 Å². The van der Waals surface area contributed by atoms with Crippen LogP contribution in [-0.4, -0.2) is 67.5 Å². The van der Waals surface area contributed by atoms with Gasteiger partial charge in [-0.3, -0.25) is 14.6 Å². The molecule has 1 aliphatic carbocycles. The van der Waals surface area contributed by atoms with Gasteiger partial charge in [0, 0.05) is 30.8 Å². The van der Waals surface area contributed by atoms with E-state index in [-0.39, 0.29) is 18.5 Å². The molecule has 3 aliphatic rings. The number of dihydropyridines is 1. The van der Waals surface area contributed by atoms with Crippen LogP contribution in [0.15, 0.2) is 52.3 Å². The average molecular weight is 386 g/mol. The fourth-order valence-electron chi connectivity index (χ4n) is 3.12. The first-order chi connectivity index (χ1) is 13.2. The zero-order valence-electron chi connectivity index (χ0n) is 14.2. The second kappa shape index (κ2) is 7.06. The second-order valence-electron chi connectivity index (χ2n) is 6.31. The van der Waals surface area contributed by atoms with Gasteiger partial charge in [0.1, 0.15) is 11.8 Å². The Hall–Kier alpha value is -3.82. The second-order valence-corrected chi connectivity index (χ2v) is 6.31. The van der Waals surface area contributed by atoms with Gasteiger partial charge in [-0.2, -0.15) is 0 Å². The van der Waals surface area contributed by atoms with E-state index in [9.17, 15) is 29.1 Å². The standard InChI is InChI=1S/C18H14N2O8/c21-14-6-9-5-13(18(27)28)20(12(9)7-15(14)22)2-1-8-3-10(16(23)24)19-11(4-8)17(25)26/h1-3,6-7,11,13H,4-5H2,(H,23,24)(H,25,26)(H,27,28)/b2-1+/t11-,13-/m0/s1. The van der Waals surface area contributed by atoms with E-state index in [1.807, 2.05) is 0 Å². The Labute approximate surface area is 157 Å². The van der Waals surface area contributed by atoms with Crippen molar-refractivity contribution in [1.82, 2.24) is 4.90 Å². The van der Waals surface area contributed by atoms with E-state index >= 15 is 0 Å². The first-order valence-electron chi connectivity index (χ1n) is 8.12. The van der Waals surface area contributed by atoms with Crippen LogP contribution < -0.4 is 0 Å². The SMILES string of the molecule is O=C(O)C1=N[C@H](C(=O)O)CC(/C=C/N2C3=CC(=O)C(=O)C=C3C[C@H]2C(=O)O)=C1. The summed E-state index contributed by atoms with van der Waals surface area (Å²) >= 11 is 0. The molecule has 2 aliphatic heterocycles. The zero-order chi connectivity index (χ0) is 20.6. The summed E-state index contributed by atoms with van der Waals surface area (Å²) in [5.41, 5.74) is 0.579. The zero-order valence-corrected chi connectivity index (χ0v) is 14.2. The van der Waals surface area contributed by atoms with Gasteiger partial charge in [-0.1, -0.05) is 0 Å². The van der Waals surface area contributed by atoms with Gasteiger partial charge in [-0.25, -0.2) is 14.4 Å². The van der Waals surface area contributed by atoms with Crippen LogP contribution in [0.2, 0.25) is 0 Å². The molecule has 0 unspecified atom stereocenters. The van der Waals surface area contributed by atoms with Crippen molar-refractivity contribution in [3.63, 3.8) is 0 Å². The van der Waals surface area contributed by atoms with Crippen molar-refractivity contribution in [3.8, 4) is 0 Å². The molecule has 0 radical (unpaired) electrons. The van der Waals surface area contributed by atoms with Crippen molar-refractivity contribution in [1.29, 1.82) is 0 Å². The third-order valence-electron chi connectivity index (χ3n) is 4.46. The van der Waals surface area contributed by atoms with Crippen LogP contribution in [0, 0.1) is 0 Å². The molecule has 3 rings (SSSR count). The predicted octanol–water partition coefficient (Wildman–Crippen LogP) is -0.0700. The van der Waals surface area contributed by atoms with Gasteiger partial charge < -0.3 is 20.2 Å². The van der Waals surface area contributed by atoms with Gasteiger partial charge in [0.25, 0.3) is 0 Å². The fraction of sp³-hybridized carbons (Fsp3) is 0.222. The maximum atomic E-state index is 11.7. The van der Waals surface area contributed by atoms with E-state index in [1.165, 1.54) is 23.3 Å². The van der Waals surface area contributed by atoms with Crippen molar-refractivity contribution < 1.29 is 39.3 Å². The van der Waals surface area contributed by atoms with E-state index in [0.717, 1.165) is 12.2 Å². The molecule has 0 aromatic heterocycles. The molecule has 0 saturated carbocycles. The highest BCUT2D eigenvalue weighted by atomic mass is 16.4. The minimum atomic E-state index is -1.38. The average Bonchev–Trinajstić information content (AvgIpc) is 2.97. The molecule has 1 saturated heterocycles. The Balaban J connectivity index is 1.93. The summed E-state index contributed by atoms with van der Waals surface area (Å²) in [6, 6.07) is -2.33. The lowest BCUT2D eigenvalue weighted by atomic mass is 10.0. The minimum absolute atomic E-state index is 0.0170. The first-order valence-corrected chi connectivity index (χ1v) is 8.12. The summed E-state index contributed by atoms with van der Waals surface area (Å²) in [4.78, 5) is 62.1. The highest BCUT2D eigenvalue weighted by Crippen LogP contribution is 2.35. The smallest absolute Gasteiger partial charge is 0.354 e. The molecule has 3 N–H and O–H groups in total. The maximum absolute atomic E-state index is 11.7. The van der Waals surface area contributed by atoms with E-state index in [1.54, 1.807) is 0 Å². The fourth-order valence-corrected chi connectivity index (χ4v) is 3.12. The summed E-state index contributed by atoms with van der Waals surface area (Å²) in [6.45, 7) is 0. The maximum Gasteiger partial charge on any atom is 0.354 e. The van der Waals surface area contributed by atoms with Crippen molar-refractivity contribution in [3.05, 3.63) is 47.3 Å². The molecule has 144 valence electrons. The Kier molecular flexibility index (Phi) is 4.78. The molecule has 2 heterocycles. The summed E-state index contributed by atoms with van der Waals surface area (Å²) in [7, 11) is 0. The number of fused-ring (bicyclic) bond motifs is 1. The van der Waals surface area contributed by atoms with Crippen LogP contribution in [0.1, 0.15) is 12.8 Å². The molecule has 28 heavy (non-hydrogen) atoms. The Morgan fingerprint density at radius 2 is 1.68 bits per heavy atom. The largest absolute Gasteiger partial charge is 0.480 e. The van der Waals surface area contributed by atoms with E-state index < -0.39 is 47.3 Å². The van der Waals surface area contributed by atoms with Gasteiger partial charge in [-0.05, 0) is 29.4 Å². The summed E-state index contributed by atoms with van der Waals surface area (Å²) < 4.78 is 0. The topological polar surface area (TPSA) is 162 Å². The summed E-state index contributed by atoms with van der Waals surface area (Å²) in [5.74, 6) is -5.34. The molecule has 0 aromatic rings. The summed E-state index contributed by atoms with van der Waals surface area (Å²) in [6.07, 6.45) is 6.03. The number of carbonyl (C=O) groups excluding carboxylic acids is 2. The molecule has 0 amide bonds. The highest BCUT2D eigenvalue weighted by Gasteiger charge is 2.38. The monoisotopic (exact) mass is 386 g/mol. The molecule has 1 fully saturated rings. The van der Waals surface area contributed by atoms with E-state index in [0.29, 0.717) is 11.1 Å². The number of carboxylic acids is 3. The quantitative estimate of drug-likeness (QED) is 0.434. The number of allylic oxidation sites excluding steroid dienone is 4. The number of hydrogen-bond acceptors (Lipinski definition) is 7. The number of rotatable bonds is 5. The van der Waals surface area contributed by atoms with Crippen LogP contribution >= 0.6 is 0 Å². The van der Waals surface area contributed by atoms with E-state index in [2.05, 4.69) is 4.99 Å². The number of likely N-dealkylation sites (tertiary alicyclic amines) is 1. The number of nitrogens with zero attached hydrogens (tertiary/aromatic N) is 2. The Morgan fingerprint density at radius 1 is 1.00 bits per heavy atom. The number of ketones is 2. The third kappa shape index (κ3) is 3.52. The van der Waals surface area contributed by atoms with Crippen LogP contribution in [0.4, 0.5) is 0 Å². The lowest BCUT2D eigenvalue weighted by Gasteiger charge is -2.22. The number of aliphatic carboxylic acids is 3. The molecule has 2 atom stereocenters. The molecule has 0 spiro atoms. The minimum Gasteiger partial charge on any atom is -0.480 e. The number of hydrogen-bond donors (Lipinski definition) is 3. The highest BCUT2D eigenvalue weighted by molar-refractivity contribution is 6.46. The van der Waals surface area contributed by atoms with Crippen molar-refractivity contribution in [2.75, 3.05) is 0 Å².